The highest BCUT2D eigenvalue weighted by atomic mass is 32.2. The number of aliphatic hydroxyl groups excluding tert-OH is 1. The Kier molecular flexibility index (Phi) is 3.43. The predicted molar refractivity (Wildman–Crippen MR) is 53.5 cm³/mol. The molecule has 1 heterocycles. The third kappa shape index (κ3) is 2.97. The van der Waals surface area contributed by atoms with Crippen LogP contribution >= 0.6 is 0 Å². The number of nitrogens with one attached hydrogen (secondary N) is 1. The van der Waals surface area contributed by atoms with Crippen LogP contribution in [0.15, 0.2) is 18.5 Å². The van der Waals surface area contributed by atoms with Crippen LogP contribution in [0.2, 0.25) is 0 Å². The van der Waals surface area contributed by atoms with E-state index in [9.17, 15) is 8.42 Å². The van der Waals surface area contributed by atoms with Crippen molar-refractivity contribution in [1.82, 2.24) is 4.98 Å². The second-order valence-corrected chi connectivity index (χ2v) is 4.68. The molecule has 2 N–H and O–H groups in total. The lowest BCUT2D eigenvalue weighted by molar-refractivity contribution is 0.320. The standard InChI is InChI=1S/C8H12N2O3S/c1-7-2-3-9-6-8(7)10-14(12,13)5-4-11/h2-3,6,10-11H,4-5H2,1H3. The van der Waals surface area contributed by atoms with Crippen molar-refractivity contribution in [2.75, 3.05) is 17.1 Å². The summed E-state index contributed by atoms with van der Waals surface area (Å²) >= 11 is 0. The highest BCUT2D eigenvalue weighted by Gasteiger charge is 2.10. The molecule has 6 heteroatoms. The Morgan fingerprint density at radius 3 is 2.86 bits per heavy atom. The molecular formula is C8H12N2O3S. The van der Waals surface area contributed by atoms with Crippen LogP contribution in [0.5, 0.6) is 0 Å². The molecule has 0 saturated heterocycles. The maximum Gasteiger partial charge on any atom is 0.235 e. The molecule has 0 unspecified atom stereocenters. The van der Waals surface area contributed by atoms with Crippen molar-refractivity contribution in [3.63, 3.8) is 0 Å². The molecule has 0 aromatic carbocycles. The molecule has 0 aliphatic heterocycles. The Morgan fingerprint density at radius 2 is 2.29 bits per heavy atom. The molecule has 0 spiro atoms. The van der Waals surface area contributed by atoms with E-state index in [1.165, 1.54) is 6.20 Å². The number of sulfonamides is 1. The van der Waals surface area contributed by atoms with E-state index in [2.05, 4.69) is 9.71 Å². The van der Waals surface area contributed by atoms with E-state index in [-0.39, 0.29) is 5.75 Å². The van der Waals surface area contributed by atoms with E-state index in [4.69, 9.17) is 5.11 Å². The van der Waals surface area contributed by atoms with Crippen molar-refractivity contribution in [2.45, 2.75) is 6.92 Å². The SMILES string of the molecule is Cc1ccncc1NS(=O)(=O)CCO. The predicted octanol–water partition coefficient (Wildman–Crippen LogP) is 0.124. The minimum atomic E-state index is -3.45. The lowest BCUT2D eigenvalue weighted by Gasteiger charge is -2.08. The van der Waals surface area contributed by atoms with Gasteiger partial charge in [-0.2, -0.15) is 0 Å². The van der Waals surface area contributed by atoms with Crippen LogP contribution in [0.3, 0.4) is 0 Å². The number of anilines is 1. The van der Waals surface area contributed by atoms with Gasteiger partial charge in [0.1, 0.15) is 0 Å². The van der Waals surface area contributed by atoms with E-state index < -0.39 is 16.6 Å². The van der Waals surface area contributed by atoms with Gasteiger partial charge in [-0.3, -0.25) is 9.71 Å². The Bertz CT molecular complexity index is 403. The lowest BCUT2D eigenvalue weighted by atomic mass is 10.3. The summed E-state index contributed by atoms with van der Waals surface area (Å²) in [4.78, 5) is 3.80. The van der Waals surface area contributed by atoms with Gasteiger partial charge < -0.3 is 5.11 Å². The zero-order valence-corrected chi connectivity index (χ0v) is 8.58. The van der Waals surface area contributed by atoms with E-state index in [0.717, 1.165) is 5.56 Å². The molecule has 0 aliphatic carbocycles. The van der Waals surface area contributed by atoms with Gasteiger partial charge in [0.25, 0.3) is 0 Å². The average Bonchev–Trinajstić information content (AvgIpc) is 2.08. The lowest BCUT2D eigenvalue weighted by Crippen LogP contribution is -2.19. The van der Waals surface area contributed by atoms with Crippen LogP contribution in [0, 0.1) is 6.92 Å². The van der Waals surface area contributed by atoms with Gasteiger partial charge in [0.15, 0.2) is 0 Å². The molecule has 0 bridgehead atoms. The number of aromatic nitrogens is 1. The van der Waals surface area contributed by atoms with Gasteiger partial charge >= 0.3 is 0 Å². The van der Waals surface area contributed by atoms with Crippen LogP contribution < -0.4 is 4.72 Å². The fraction of sp³-hybridized carbons (Fsp3) is 0.375. The largest absolute Gasteiger partial charge is 0.395 e. The molecule has 0 fully saturated rings. The van der Waals surface area contributed by atoms with Crippen molar-refractivity contribution >= 4 is 15.7 Å². The van der Waals surface area contributed by atoms with Gasteiger partial charge in [-0.05, 0) is 18.6 Å². The summed E-state index contributed by atoms with van der Waals surface area (Å²) < 4.78 is 24.8. The molecule has 0 radical (unpaired) electrons. The Labute approximate surface area is 82.9 Å². The second-order valence-electron chi connectivity index (χ2n) is 2.84. The summed E-state index contributed by atoms with van der Waals surface area (Å²) in [7, 11) is -3.45. The number of pyridine rings is 1. The Hall–Kier alpha value is -1.14. The number of aliphatic hydroxyl groups is 1. The van der Waals surface area contributed by atoms with Gasteiger partial charge in [0.2, 0.25) is 10.0 Å². The average molecular weight is 216 g/mol. The first kappa shape index (κ1) is 10.9. The molecular weight excluding hydrogens is 204 g/mol. The maximum atomic E-state index is 11.3. The summed E-state index contributed by atoms with van der Waals surface area (Å²) in [6.45, 7) is 1.38. The van der Waals surface area contributed by atoms with E-state index in [1.54, 1.807) is 19.2 Å². The molecule has 0 amide bonds. The summed E-state index contributed by atoms with van der Waals surface area (Å²) in [5.41, 5.74) is 1.24. The van der Waals surface area contributed by atoms with Gasteiger partial charge in [-0.1, -0.05) is 0 Å². The molecule has 78 valence electrons. The minimum absolute atomic E-state index is 0.304. The zero-order chi connectivity index (χ0) is 10.6. The first-order chi connectivity index (χ1) is 6.55. The van der Waals surface area contributed by atoms with Crippen LogP contribution in [0.1, 0.15) is 5.56 Å². The quantitative estimate of drug-likeness (QED) is 0.749. The number of hydrogen-bond acceptors (Lipinski definition) is 4. The number of hydrogen-bond donors (Lipinski definition) is 2. The third-order valence-corrected chi connectivity index (χ3v) is 2.92. The third-order valence-electron chi connectivity index (χ3n) is 1.66. The summed E-state index contributed by atoms with van der Waals surface area (Å²) in [5.74, 6) is -0.304. The highest BCUT2D eigenvalue weighted by Crippen LogP contribution is 2.12. The molecule has 1 aromatic heterocycles. The molecule has 0 aliphatic rings. The smallest absolute Gasteiger partial charge is 0.235 e. The monoisotopic (exact) mass is 216 g/mol. The summed E-state index contributed by atoms with van der Waals surface area (Å²) in [6.07, 6.45) is 3.02. The van der Waals surface area contributed by atoms with Crippen molar-refractivity contribution in [1.29, 1.82) is 0 Å². The van der Waals surface area contributed by atoms with Crippen molar-refractivity contribution < 1.29 is 13.5 Å². The fourth-order valence-electron chi connectivity index (χ4n) is 0.910. The van der Waals surface area contributed by atoms with Crippen LogP contribution in [-0.4, -0.2) is 30.9 Å². The number of rotatable bonds is 4. The number of nitrogens with zero attached hydrogens (tertiary/aromatic N) is 1. The van der Waals surface area contributed by atoms with Crippen LogP contribution in [0.25, 0.3) is 0 Å². The molecule has 1 aromatic rings. The van der Waals surface area contributed by atoms with E-state index in [0.29, 0.717) is 5.69 Å². The Morgan fingerprint density at radius 1 is 1.57 bits per heavy atom. The molecule has 14 heavy (non-hydrogen) atoms. The van der Waals surface area contributed by atoms with Crippen LogP contribution in [-0.2, 0) is 10.0 Å². The molecule has 0 saturated carbocycles. The van der Waals surface area contributed by atoms with E-state index >= 15 is 0 Å². The van der Waals surface area contributed by atoms with Gasteiger partial charge in [-0.25, -0.2) is 8.42 Å². The van der Waals surface area contributed by atoms with E-state index in [1.807, 2.05) is 0 Å². The molecule has 0 atom stereocenters. The second kappa shape index (κ2) is 4.39. The molecule has 5 nitrogen and oxygen atoms in total. The zero-order valence-electron chi connectivity index (χ0n) is 7.77. The topological polar surface area (TPSA) is 79.3 Å². The highest BCUT2D eigenvalue weighted by molar-refractivity contribution is 7.92. The van der Waals surface area contributed by atoms with Crippen molar-refractivity contribution in [3.8, 4) is 0 Å². The summed E-state index contributed by atoms with van der Waals surface area (Å²) in [6, 6.07) is 1.71. The number of aryl methyl sites for hydroxylation is 1. The minimum Gasteiger partial charge on any atom is -0.395 e. The Balaban J connectivity index is 2.84. The maximum absolute atomic E-state index is 11.3. The normalized spacial score (nSPS) is 11.3. The van der Waals surface area contributed by atoms with Gasteiger partial charge in [0, 0.05) is 6.20 Å². The van der Waals surface area contributed by atoms with Crippen LogP contribution in [0.4, 0.5) is 5.69 Å². The summed E-state index contributed by atoms with van der Waals surface area (Å²) in [5, 5.41) is 8.51. The fourth-order valence-corrected chi connectivity index (χ4v) is 1.80. The molecule has 1 rings (SSSR count). The first-order valence-electron chi connectivity index (χ1n) is 4.07. The van der Waals surface area contributed by atoms with Crippen molar-refractivity contribution in [3.05, 3.63) is 24.0 Å². The van der Waals surface area contributed by atoms with Gasteiger partial charge in [-0.15, -0.1) is 0 Å². The van der Waals surface area contributed by atoms with Crippen molar-refractivity contribution in [2.24, 2.45) is 0 Å². The first-order valence-corrected chi connectivity index (χ1v) is 5.72. The van der Waals surface area contributed by atoms with Gasteiger partial charge in [0.05, 0.1) is 24.2 Å².